The van der Waals surface area contributed by atoms with Crippen LogP contribution < -0.4 is 11.1 Å². The summed E-state index contributed by atoms with van der Waals surface area (Å²) in [6.07, 6.45) is 2.67. The molecule has 1 aromatic rings. The van der Waals surface area contributed by atoms with E-state index >= 15 is 0 Å². The summed E-state index contributed by atoms with van der Waals surface area (Å²) in [7, 11) is 1.69. The third kappa shape index (κ3) is 3.71. The van der Waals surface area contributed by atoms with Gasteiger partial charge in [-0.3, -0.25) is 0 Å². The molecule has 0 amide bonds. The van der Waals surface area contributed by atoms with Crippen LogP contribution in [0.25, 0.3) is 0 Å². The molecular formula is C8H15N3OS. The molecule has 13 heavy (non-hydrogen) atoms. The number of methoxy groups -OCH3 is 1. The van der Waals surface area contributed by atoms with Gasteiger partial charge in [-0.15, -0.1) is 11.3 Å². The number of rotatable bonds is 6. The molecule has 3 N–H and O–H groups in total. The summed E-state index contributed by atoms with van der Waals surface area (Å²) in [6.45, 7) is 1.32. The fraction of sp³-hybridized carbons (Fsp3) is 0.625. The molecule has 0 aliphatic heterocycles. The lowest BCUT2D eigenvalue weighted by atomic mass is 10.2. The van der Waals surface area contributed by atoms with Crippen molar-refractivity contribution in [3.8, 4) is 0 Å². The Hall–Kier alpha value is -0.650. The Bertz CT molecular complexity index is 209. The predicted molar refractivity (Wildman–Crippen MR) is 55.1 cm³/mol. The standard InChI is InChI=1S/C8H15N3OS/c1-12-6-7(2-3-9)11-8-10-4-5-13-8/h4-5,7H,2-3,6,9H2,1H3,(H,10,11). The summed E-state index contributed by atoms with van der Waals surface area (Å²) in [5, 5.41) is 6.13. The second kappa shape index (κ2) is 5.90. The molecule has 1 atom stereocenters. The fourth-order valence-corrected chi connectivity index (χ4v) is 1.68. The van der Waals surface area contributed by atoms with Crippen molar-refractivity contribution in [1.82, 2.24) is 4.98 Å². The zero-order valence-corrected chi connectivity index (χ0v) is 8.51. The van der Waals surface area contributed by atoms with E-state index in [1.807, 2.05) is 5.38 Å². The number of nitrogens with zero attached hydrogens (tertiary/aromatic N) is 1. The van der Waals surface area contributed by atoms with Crippen molar-refractivity contribution in [3.05, 3.63) is 11.6 Å². The first-order valence-corrected chi connectivity index (χ1v) is 5.09. The number of nitrogens with one attached hydrogen (secondary N) is 1. The van der Waals surface area contributed by atoms with Crippen LogP contribution in [0.4, 0.5) is 5.13 Å². The topological polar surface area (TPSA) is 60.2 Å². The van der Waals surface area contributed by atoms with Crippen LogP contribution in [0.1, 0.15) is 6.42 Å². The second-order valence-electron chi connectivity index (χ2n) is 2.71. The summed E-state index contributed by atoms with van der Waals surface area (Å²) < 4.78 is 5.06. The maximum Gasteiger partial charge on any atom is 0.182 e. The smallest absolute Gasteiger partial charge is 0.182 e. The summed E-state index contributed by atoms with van der Waals surface area (Å²) >= 11 is 1.58. The number of hydrogen-bond acceptors (Lipinski definition) is 5. The lowest BCUT2D eigenvalue weighted by molar-refractivity contribution is 0.183. The third-order valence-electron chi connectivity index (χ3n) is 1.64. The minimum absolute atomic E-state index is 0.265. The lowest BCUT2D eigenvalue weighted by Gasteiger charge is -2.15. The monoisotopic (exact) mass is 201 g/mol. The minimum Gasteiger partial charge on any atom is -0.383 e. The predicted octanol–water partition coefficient (Wildman–Crippen LogP) is 0.919. The van der Waals surface area contributed by atoms with Crippen LogP contribution in [-0.2, 0) is 4.74 Å². The van der Waals surface area contributed by atoms with Crippen LogP contribution in [0.5, 0.6) is 0 Å². The average molecular weight is 201 g/mol. The maximum atomic E-state index is 5.48. The summed E-state index contributed by atoms with van der Waals surface area (Å²) in [6, 6.07) is 0.265. The molecule has 1 aromatic heterocycles. The minimum atomic E-state index is 0.265. The molecule has 0 aromatic carbocycles. The van der Waals surface area contributed by atoms with Gasteiger partial charge in [-0.25, -0.2) is 4.98 Å². The van der Waals surface area contributed by atoms with Gasteiger partial charge in [0.1, 0.15) is 0 Å². The maximum absolute atomic E-state index is 5.48. The van der Waals surface area contributed by atoms with Crippen molar-refractivity contribution in [2.45, 2.75) is 12.5 Å². The molecule has 1 heterocycles. The summed E-state index contributed by atoms with van der Waals surface area (Å²) in [4.78, 5) is 4.13. The lowest BCUT2D eigenvalue weighted by Crippen LogP contribution is -2.27. The van der Waals surface area contributed by atoms with Gasteiger partial charge in [0.15, 0.2) is 5.13 Å². The second-order valence-corrected chi connectivity index (χ2v) is 3.61. The Labute approximate surface area is 82.1 Å². The molecule has 0 aliphatic carbocycles. The first-order valence-electron chi connectivity index (χ1n) is 4.22. The molecule has 0 saturated heterocycles. The Morgan fingerprint density at radius 2 is 2.62 bits per heavy atom. The highest BCUT2D eigenvalue weighted by molar-refractivity contribution is 7.13. The van der Waals surface area contributed by atoms with Crippen molar-refractivity contribution in [1.29, 1.82) is 0 Å². The van der Waals surface area contributed by atoms with Crippen LogP contribution in [0, 0.1) is 0 Å². The van der Waals surface area contributed by atoms with Crippen LogP contribution >= 0.6 is 11.3 Å². The zero-order valence-electron chi connectivity index (χ0n) is 7.69. The quantitative estimate of drug-likeness (QED) is 0.718. The van der Waals surface area contributed by atoms with Gasteiger partial charge in [0.25, 0.3) is 0 Å². The number of anilines is 1. The Morgan fingerprint density at radius 3 is 3.15 bits per heavy atom. The van der Waals surface area contributed by atoms with Crippen molar-refractivity contribution in [2.75, 3.05) is 25.6 Å². The molecule has 5 heteroatoms. The highest BCUT2D eigenvalue weighted by Crippen LogP contribution is 2.12. The van der Waals surface area contributed by atoms with Crippen molar-refractivity contribution in [3.63, 3.8) is 0 Å². The Balaban J connectivity index is 2.37. The normalized spacial score (nSPS) is 12.8. The zero-order chi connectivity index (χ0) is 9.52. The Kier molecular flexibility index (Phi) is 4.74. The number of aromatic nitrogens is 1. The van der Waals surface area contributed by atoms with E-state index in [1.165, 1.54) is 0 Å². The molecule has 74 valence electrons. The van der Waals surface area contributed by atoms with Crippen LogP contribution in [0.3, 0.4) is 0 Å². The first-order chi connectivity index (χ1) is 6.36. The number of ether oxygens (including phenoxy) is 1. The molecule has 0 spiro atoms. The molecule has 0 saturated carbocycles. The fourth-order valence-electron chi connectivity index (χ4n) is 1.07. The van der Waals surface area contributed by atoms with Gasteiger partial charge in [0.2, 0.25) is 0 Å². The van der Waals surface area contributed by atoms with Crippen molar-refractivity contribution >= 4 is 16.5 Å². The van der Waals surface area contributed by atoms with E-state index in [1.54, 1.807) is 24.6 Å². The largest absolute Gasteiger partial charge is 0.383 e. The van der Waals surface area contributed by atoms with Crippen molar-refractivity contribution in [2.24, 2.45) is 5.73 Å². The molecule has 1 unspecified atom stereocenters. The third-order valence-corrected chi connectivity index (χ3v) is 2.35. The number of hydrogen-bond donors (Lipinski definition) is 2. The van der Waals surface area contributed by atoms with Crippen LogP contribution in [0.2, 0.25) is 0 Å². The van der Waals surface area contributed by atoms with E-state index in [4.69, 9.17) is 10.5 Å². The highest BCUT2D eigenvalue weighted by atomic mass is 32.1. The molecule has 0 radical (unpaired) electrons. The molecule has 0 fully saturated rings. The van der Waals surface area contributed by atoms with Gasteiger partial charge in [-0.05, 0) is 13.0 Å². The highest BCUT2D eigenvalue weighted by Gasteiger charge is 2.07. The van der Waals surface area contributed by atoms with Gasteiger partial charge < -0.3 is 15.8 Å². The van der Waals surface area contributed by atoms with Gasteiger partial charge in [-0.2, -0.15) is 0 Å². The molecule has 0 aliphatic rings. The SMILES string of the molecule is COCC(CCN)Nc1nccs1. The number of thiazole rings is 1. The van der Waals surface area contributed by atoms with E-state index in [-0.39, 0.29) is 6.04 Å². The summed E-state index contributed by atoms with van der Waals surface area (Å²) in [5.41, 5.74) is 5.48. The van der Waals surface area contributed by atoms with Gasteiger partial charge in [0, 0.05) is 18.7 Å². The van der Waals surface area contributed by atoms with Gasteiger partial charge >= 0.3 is 0 Å². The van der Waals surface area contributed by atoms with Gasteiger partial charge in [0.05, 0.1) is 12.6 Å². The van der Waals surface area contributed by atoms with Crippen LogP contribution in [-0.4, -0.2) is 31.3 Å². The van der Waals surface area contributed by atoms with Gasteiger partial charge in [-0.1, -0.05) is 0 Å². The summed E-state index contributed by atoms with van der Waals surface area (Å²) in [5.74, 6) is 0. The molecule has 0 bridgehead atoms. The Morgan fingerprint density at radius 1 is 1.77 bits per heavy atom. The average Bonchev–Trinajstić information content (AvgIpc) is 2.58. The first kappa shape index (κ1) is 10.4. The molecule has 1 rings (SSSR count). The van der Waals surface area contributed by atoms with E-state index < -0.39 is 0 Å². The van der Waals surface area contributed by atoms with E-state index in [0.717, 1.165) is 11.6 Å². The number of nitrogens with two attached hydrogens (primary N) is 1. The van der Waals surface area contributed by atoms with E-state index in [2.05, 4.69) is 10.3 Å². The van der Waals surface area contributed by atoms with Crippen LogP contribution in [0.15, 0.2) is 11.6 Å². The molecular weight excluding hydrogens is 186 g/mol. The van der Waals surface area contributed by atoms with Crippen molar-refractivity contribution < 1.29 is 4.74 Å². The van der Waals surface area contributed by atoms with E-state index in [9.17, 15) is 0 Å². The van der Waals surface area contributed by atoms with E-state index in [0.29, 0.717) is 13.2 Å². The molecule has 4 nitrogen and oxygen atoms in total.